The van der Waals surface area contributed by atoms with E-state index in [0.717, 1.165) is 0 Å². The summed E-state index contributed by atoms with van der Waals surface area (Å²) >= 11 is 0. The van der Waals surface area contributed by atoms with Crippen LogP contribution < -0.4 is 15.1 Å². The highest BCUT2D eigenvalue weighted by Crippen LogP contribution is 2.35. The molecule has 192 valence electrons. The minimum absolute atomic E-state index is 0.0123. The number of carbonyl (C=O) groups is 3. The van der Waals surface area contributed by atoms with Crippen LogP contribution in [0.25, 0.3) is 0 Å². The van der Waals surface area contributed by atoms with Crippen molar-refractivity contribution in [2.24, 2.45) is 0 Å². The Kier molecular flexibility index (Phi) is 7.57. The van der Waals surface area contributed by atoms with Crippen LogP contribution in [-0.4, -0.2) is 74.0 Å². The zero-order valence-electron chi connectivity index (χ0n) is 19.5. The SMILES string of the molecule is O=C1CN(c2ccccc2)C(=O)N1CCCOc1ccc(S(=O)(=O)C2(C(=O)NO)CCOCC2)cc1. The van der Waals surface area contributed by atoms with E-state index in [-0.39, 0.29) is 62.6 Å². The molecule has 4 amide bonds. The smallest absolute Gasteiger partial charge is 0.331 e. The molecule has 0 spiro atoms. The molecule has 0 bridgehead atoms. The van der Waals surface area contributed by atoms with Gasteiger partial charge in [-0.2, -0.15) is 0 Å². The molecular formula is C24H27N3O8S. The number of hydrogen-bond donors (Lipinski definition) is 2. The van der Waals surface area contributed by atoms with Crippen molar-refractivity contribution < 1.29 is 37.5 Å². The average molecular weight is 518 g/mol. The van der Waals surface area contributed by atoms with Crippen LogP contribution in [0.15, 0.2) is 59.5 Å². The Bertz CT molecular complexity index is 1210. The predicted octanol–water partition coefficient (Wildman–Crippen LogP) is 1.75. The minimum atomic E-state index is -4.12. The van der Waals surface area contributed by atoms with Crippen molar-refractivity contribution >= 4 is 33.4 Å². The molecule has 2 fully saturated rings. The number of imide groups is 1. The number of urea groups is 1. The molecule has 2 aromatic carbocycles. The minimum Gasteiger partial charge on any atom is -0.494 e. The molecule has 2 saturated heterocycles. The second-order valence-corrected chi connectivity index (χ2v) is 10.7. The lowest BCUT2D eigenvalue weighted by Gasteiger charge is -2.34. The number of nitrogens with zero attached hydrogens (tertiary/aromatic N) is 2. The first kappa shape index (κ1) is 25.6. The highest BCUT2D eigenvalue weighted by Gasteiger charge is 2.52. The largest absolute Gasteiger partial charge is 0.494 e. The first-order valence-electron chi connectivity index (χ1n) is 11.5. The van der Waals surface area contributed by atoms with Crippen molar-refractivity contribution in [2.45, 2.75) is 28.9 Å². The van der Waals surface area contributed by atoms with E-state index in [0.29, 0.717) is 17.9 Å². The van der Waals surface area contributed by atoms with Crippen LogP contribution >= 0.6 is 0 Å². The van der Waals surface area contributed by atoms with E-state index in [1.54, 1.807) is 24.3 Å². The number of hydrogen-bond acceptors (Lipinski definition) is 8. The van der Waals surface area contributed by atoms with E-state index in [9.17, 15) is 22.8 Å². The molecule has 0 unspecified atom stereocenters. The van der Waals surface area contributed by atoms with E-state index in [1.807, 2.05) is 6.07 Å². The van der Waals surface area contributed by atoms with Gasteiger partial charge < -0.3 is 9.47 Å². The molecule has 0 aliphatic carbocycles. The maximum atomic E-state index is 13.3. The molecule has 0 saturated carbocycles. The summed E-state index contributed by atoms with van der Waals surface area (Å²) in [5.41, 5.74) is 2.14. The van der Waals surface area contributed by atoms with Crippen molar-refractivity contribution in [1.29, 1.82) is 0 Å². The lowest BCUT2D eigenvalue weighted by molar-refractivity contribution is -0.134. The Morgan fingerprint density at radius 3 is 2.36 bits per heavy atom. The Labute approximate surface area is 208 Å². The quantitative estimate of drug-likeness (QED) is 0.222. The van der Waals surface area contributed by atoms with Crippen LogP contribution in [0.5, 0.6) is 5.75 Å². The van der Waals surface area contributed by atoms with Gasteiger partial charge in [-0.25, -0.2) is 18.7 Å². The van der Waals surface area contributed by atoms with Crippen molar-refractivity contribution in [3.63, 3.8) is 0 Å². The number of amides is 4. The van der Waals surface area contributed by atoms with Crippen molar-refractivity contribution in [1.82, 2.24) is 10.4 Å². The van der Waals surface area contributed by atoms with E-state index < -0.39 is 20.5 Å². The van der Waals surface area contributed by atoms with Crippen LogP contribution in [0, 0.1) is 0 Å². The van der Waals surface area contributed by atoms with Gasteiger partial charge in [-0.1, -0.05) is 18.2 Å². The average Bonchev–Trinajstić information content (AvgIpc) is 3.20. The fourth-order valence-corrected chi connectivity index (χ4v) is 6.28. The number of sulfone groups is 1. The number of hydroxylamine groups is 1. The lowest BCUT2D eigenvalue weighted by Crippen LogP contribution is -2.54. The first-order chi connectivity index (χ1) is 17.3. The van der Waals surface area contributed by atoms with Crippen LogP contribution in [0.2, 0.25) is 0 Å². The van der Waals surface area contributed by atoms with E-state index >= 15 is 0 Å². The lowest BCUT2D eigenvalue weighted by atomic mass is 9.98. The van der Waals surface area contributed by atoms with Crippen molar-refractivity contribution in [2.75, 3.05) is 37.8 Å². The molecular weight excluding hydrogens is 490 g/mol. The van der Waals surface area contributed by atoms with Crippen molar-refractivity contribution in [3.05, 3.63) is 54.6 Å². The summed E-state index contributed by atoms with van der Waals surface area (Å²) in [7, 11) is -4.12. The van der Waals surface area contributed by atoms with Gasteiger partial charge in [0.05, 0.1) is 11.5 Å². The Morgan fingerprint density at radius 2 is 1.72 bits per heavy atom. The number of rotatable bonds is 9. The van der Waals surface area contributed by atoms with Gasteiger partial charge >= 0.3 is 6.03 Å². The summed E-state index contributed by atoms with van der Waals surface area (Å²) in [6.45, 7) is 0.538. The number of para-hydroxylation sites is 1. The predicted molar refractivity (Wildman–Crippen MR) is 127 cm³/mol. The van der Waals surface area contributed by atoms with Gasteiger partial charge in [-0.3, -0.25) is 24.6 Å². The third-order valence-electron chi connectivity index (χ3n) is 6.38. The zero-order valence-corrected chi connectivity index (χ0v) is 20.3. The topological polar surface area (TPSA) is 143 Å². The molecule has 2 aliphatic heterocycles. The molecule has 2 aliphatic rings. The monoisotopic (exact) mass is 517 g/mol. The van der Waals surface area contributed by atoms with Crippen molar-refractivity contribution in [3.8, 4) is 5.75 Å². The Morgan fingerprint density at radius 1 is 1.06 bits per heavy atom. The summed E-state index contributed by atoms with van der Waals surface area (Å²) in [4.78, 5) is 39.8. The van der Waals surface area contributed by atoms with E-state index in [4.69, 9.17) is 14.7 Å². The summed E-state index contributed by atoms with van der Waals surface area (Å²) in [6, 6.07) is 14.2. The second-order valence-electron chi connectivity index (χ2n) is 8.47. The number of benzene rings is 2. The summed E-state index contributed by atoms with van der Waals surface area (Å²) in [5.74, 6) is -0.873. The standard InChI is InChI=1S/C24H27N3O8S/c28-21-17-27(18-5-2-1-3-6-18)23(30)26(21)13-4-14-35-19-7-9-20(10-8-19)36(32,33)24(22(29)25-31)11-15-34-16-12-24/h1-3,5-10,31H,4,11-17H2,(H,25,29). The fraction of sp³-hybridized carbons (Fsp3) is 0.375. The Balaban J connectivity index is 1.34. The normalized spacial score (nSPS) is 17.8. The summed E-state index contributed by atoms with van der Waals surface area (Å²) in [5, 5.41) is 9.14. The van der Waals surface area contributed by atoms with Gasteiger partial charge in [0.25, 0.3) is 11.8 Å². The van der Waals surface area contributed by atoms with Gasteiger partial charge in [-0.05, 0) is 55.7 Å². The highest BCUT2D eigenvalue weighted by molar-refractivity contribution is 7.93. The number of anilines is 1. The van der Waals surface area contributed by atoms with Crippen LogP contribution in [0.3, 0.4) is 0 Å². The molecule has 0 atom stereocenters. The summed E-state index contributed by atoms with van der Waals surface area (Å²) in [6.07, 6.45) is 0.241. The van der Waals surface area contributed by atoms with E-state index in [2.05, 4.69) is 0 Å². The Hall–Kier alpha value is -3.48. The van der Waals surface area contributed by atoms with Crippen LogP contribution in [-0.2, 0) is 24.2 Å². The zero-order chi connectivity index (χ0) is 25.8. The van der Waals surface area contributed by atoms with Gasteiger partial charge in [0.1, 0.15) is 12.3 Å². The van der Waals surface area contributed by atoms with Gasteiger partial charge in [0.2, 0.25) is 0 Å². The van der Waals surface area contributed by atoms with Gasteiger partial charge in [-0.15, -0.1) is 0 Å². The molecule has 11 nitrogen and oxygen atoms in total. The third-order valence-corrected chi connectivity index (χ3v) is 8.90. The molecule has 0 aromatic heterocycles. The fourth-order valence-electron chi connectivity index (χ4n) is 4.34. The van der Waals surface area contributed by atoms with Crippen LogP contribution in [0.4, 0.5) is 10.5 Å². The molecule has 2 heterocycles. The van der Waals surface area contributed by atoms with Crippen LogP contribution in [0.1, 0.15) is 19.3 Å². The second kappa shape index (κ2) is 10.6. The molecule has 2 aromatic rings. The number of ether oxygens (including phenoxy) is 2. The molecule has 12 heteroatoms. The maximum absolute atomic E-state index is 13.3. The summed E-state index contributed by atoms with van der Waals surface area (Å²) < 4.78 is 35.6. The van der Waals surface area contributed by atoms with E-state index in [1.165, 1.54) is 39.5 Å². The molecule has 4 rings (SSSR count). The number of carbonyl (C=O) groups excluding carboxylic acids is 3. The van der Waals surface area contributed by atoms with Gasteiger partial charge in [0, 0.05) is 25.4 Å². The first-order valence-corrected chi connectivity index (χ1v) is 13.0. The highest BCUT2D eigenvalue weighted by atomic mass is 32.2. The maximum Gasteiger partial charge on any atom is 0.331 e. The number of nitrogens with one attached hydrogen (secondary N) is 1. The molecule has 36 heavy (non-hydrogen) atoms. The third kappa shape index (κ3) is 4.79. The molecule has 0 radical (unpaired) electrons. The molecule has 2 N–H and O–H groups in total. The van der Waals surface area contributed by atoms with Gasteiger partial charge in [0.15, 0.2) is 14.6 Å².